The van der Waals surface area contributed by atoms with E-state index >= 15 is 0 Å². The number of hydrogen-bond donors (Lipinski definition) is 0. The van der Waals surface area contributed by atoms with E-state index in [4.69, 9.17) is 0 Å². The van der Waals surface area contributed by atoms with Crippen molar-refractivity contribution in [3.63, 3.8) is 0 Å². The van der Waals surface area contributed by atoms with Gasteiger partial charge in [0.25, 0.3) is 0 Å². The average molecular weight is 220 g/mol. The third-order valence-corrected chi connectivity index (χ3v) is 2.62. The Morgan fingerprint density at radius 1 is 1.00 bits per heavy atom. The summed E-state index contributed by atoms with van der Waals surface area (Å²) < 4.78 is 0. The molecule has 0 aliphatic heterocycles. The van der Waals surface area contributed by atoms with Gasteiger partial charge in [-0.1, -0.05) is 71.9 Å². The number of rotatable bonds is 3. The molecule has 0 fully saturated rings. The van der Waals surface area contributed by atoms with Crippen LogP contribution < -0.4 is 0 Å². The third kappa shape index (κ3) is 5.95. The van der Waals surface area contributed by atoms with Gasteiger partial charge in [0, 0.05) is 0 Å². The lowest BCUT2D eigenvalue weighted by Crippen LogP contribution is -2.11. The minimum Gasteiger partial charge on any atom is -0.0683 e. The molecule has 0 saturated heterocycles. The highest BCUT2D eigenvalue weighted by Gasteiger charge is 2.18. The van der Waals surface area contributed by atoms with Crippen LogP contribution in [-0.4, -0.2) is 0 Å². The van der Waals surface area contributed by atoms with Gasteiger partial charge in [0.2, 0.25) is 0 Å². The predicted molar refractivity (Wildman–Crippen MR) is 74.9 cm³/mol. The topological polar surface area (TPSA) is 0 Å². The Balaban J connectivity index is 0.00000106. The first-order valence-electron chi connectivity index (χ1n) is 6.58. The molecular weight excluding hydrogens is 192 g/mol. The molecule has 0 N–H and O–H groups in total. The van der Waals surface area contributed by atoms with E-state index in [-0.39, 0.29) is 0 Å². The first kappa shape index (κ1) is 15.2. The van der Waals surface area contributed by atoms with E-state index in [0.29, 0.717) is 5.41 Å². The van der Waals surface area contributed by atoms with Gasteiger partial charge in [-0.2, -0.15) is 0 Å². The maximum atomic E-state index is 2.32. The second kappa shape index (κ2) is 7.49. The Morgan fingerprint density at radius 2 is 1.50 bits per heavy atom. The van der Waals surface area contributed by atoms with Crippen molar-refractivity contribution in [2.75, 3.05) is 0 Å². The van der Waals surface area contributed by atoms with E-state index < -0.39 is 0 Å². The summed E-state index contributed by atoms with van der Waals surface area (Å²) in [5, 5.41) is 0. The Morgan fingerprint density at radius 3 is 1.88 bits per heavy atom. The second-order valence-corrected chi connectivity index (χ2v) is 5.28. The summed E-state index contributed by atoms with van der Waals surface area (Å²) in [4.78, 5) is 0. The van der Waals surface area contributed by atoms with Crippen molar-refractivity contribution in [2.45, 2.75) is 60.3 Å². The highest BCUT2D eigenvalue weighted by atomic mass is 14.2. The molecule has 1 atom stereocenters. The van der Waals surface area contributed by atoms with Gasteiger partial charge in [-0.05, 0) is 29.7 Å². The van der Waals surface area contributed by atoms with Crippen molar-refractivity contribution in [1.29, 1.82) is 0 Å². The van der Waals surface area contributed by atoms with E-state index in [9.17, 15) is 0 Å². The zero-order valence-corrected chi connectivity index (χ0v) is 11.9. The Bertz CT molecular complexity index is 253. The molecular formula is C16H28. The van der Waals surface area contributed by atoms with Crippen LogP contribution >= 0.6 is 0 Å². The van der Waals surface area contributed by atoms with Gasteiger partial charge in [-0.3, -0.25) is 0 Å². The van der Waals surface area contributed by atoms with Crippen molar-refractivity contribution in [3.8, 4) is 0 Å². The normalized spacial score (nSPS) is 12.6. The van der Waals surface area contributed by atoms with Crippen LogP contribution in [0.1, 0.15) is 65.9 Å². The van der Waals surface area contributed by atoms with E-state index in [0.717, 1.165) is 5.92 Å². The molecule has 0 heterocycles. The van der Waals surface area contributed by atoms with Gasteiger partial charge in [0.15, 0.2) is 0 Å². The zero-order chi connectivity index (χ0) is 12.6. The lowest BCUT2D eigenvalue weighted by atomic mass is 9.80. The van der Waals surface area contributed by atoms with Crippen molar-refractivity contribution < 1.29 is 0 Å². The molecule has 0 amide bonds. The molecule has 0 aliphatic carbocycles. The van der Waals surface area contributed by atoms with Gasteiger partial charge in [0.05, 0.1) is 0 Å². The second-order valence-electron chi connectivity index (χ2n) is 5.28. The standard InChI is InChI=1S/C14H22.C2H6/c1-5-12(11-14(2,3)4)13-9-7-6-8-10-13;1-2/h6-10,12H,5,11H2,1-4H3;1-2H3. The fraction of sp³-hybridized carbons (Fsp3) is 0.625. The van der Waals surface area contributed by atoms with E-state index in [1.807, 2.05) is 13.8 Å². The minimum absolute atomic E-state index is 0.427. The molecule has 0 spiro atoms. The molecule has 1 rings (SSSR count). The first-order valence-corrected chi connectivity index (χ1v) is 6.58. The first-order chi connectivity index (χ1) is 7.53. The van der Waals surface area contributed by atoms with Crippen LogP contribution in [-0.2, 0) is 0 Å². The summed E-state index contributed by atoms with van der Waals surface area (Å²) in [5.74, 6) is 0.719. The van der Waals surface area contributed by atoms with Crippen LogP contribution in [0.2, 0.25) is 0 Å². The summed E-state index contributed by atoms with van der Waals surface area (Å²) in [6.07, 6.45) is 2.51. The third-order valence-electron chi connectivity index (χ3n) is 2.62. The van der Waals surface area contributed by atoms with Crippen LogP contribution in [0.25, 0.3) is 0 Å². The summed E-state index contributed by atoms with van der Waals surface area (Å²) in [7, 11) is 0. The summed E-state index contributed by atoms with van der Waals surface area (Å²) in [5.41, 5.74) is 1.92. The average Bonchev–Trinajstić information content (AvgIpc) is 2.29. The summed E-state index contributed by atoms with van der Waals surface area (Å²) in [6, 6.07) is 10.9. The highest BCUT2D eigenvalue weighted by Crippen LogP contribution is 2.32. The molecule has 1 unspecified atom stereocenters. The van der Waals surface area contributed by atoms with Gasteiger partial charge in [-0.15, -0.1) is 0 Å². The van der Waals surface area contributed by atoms with Crippen molar-refractivity contribution in [2.24, 2.45) is 5.41 Å². The minimum atomic E-state index is 0.427. The summed E-state index contributed by atoms with van der Waals surface area (Å²) in [6.45, 7) is 13.2. The van der Waals surface area contributed by atoms with Crippen LogP contribution in [0.4, 0.5) is 0 Å². The quantitative estimate of drug-likeness (QED) is 0.618. The van der Waals surface area contributed by atoms with Gasteiger partial charge >= 0.3 is 0 Å². The summed E-state index contributed by atoms with van der Waals surface area (Å²) >= 11 is 0. The zero-order valence-electron chi connectivity index (χ0n) is 11.9. The molecule has 92 valence electrons. The Kier molecular flexibility index (Phi) is 7.12. The van der Waals surface area contributed by atoms with Crippen LogP contribution in [0.15, 0.2) is 30.3 Å². The molecule has 0 saturated carbocycles. The van der Waals surface area contributed by atoms with Crippen LogP contribution in [0, 0.1) is 5.41 Å². The van der Waals surface area contributed by atoms with Gasteiger partial charge in [0.1, 0.15) is 0 Å². The molecule has 1 aromatic rings. The highest BCUT2D eigenvalue weighted by molar-refractivity contribution is 5.19. The van der Waals surface area contributed by atoms with E-state index in [1.165, 1.54) is 18.4 Å². The molecule has 0 nitrogen and oxygen atoms in total. The molecule has 0 bridgehead atoms. The molecule has 0 aliphatic rings. The molecule has 1 aromatic carbocycles. The largest absolute Gasteiger partial charge is 0.0683 e. The number of benzene rings is 1. The van der Waals surface area contributed by atoms with Crippen molar-refractivity contribution in [1.82, 2.24) is 0 Å². The molecule has 16 heavy (non-hydrogen) atoms. The predicted octanol–water partition coefficient (Wildman–Crippen LogP) is 5.64. The molecule has 0 aromatic heterocycles. The monoisotopic (exact) mass is 220 g/mol. The Hall–Kier alpha value is -0.780. The van der Waals surface area contributed by atoms with Gasteiger partial charge in [-0.25, -0.2) is 0 Å². The van der Waals surface area contributed by atoms with Crippen LogP contribution in [0.5, 0.6) is 0 Å². The van der Waals surface area contributed by atoms with Crippen molar-refractivity contribution >= 4 is 0 Å². The molecule has 0 heteroatoms. The lowest BCUT2D eigenvalue weighted by molar-refractivity contribution is 0.335. The SMILES string of the molecule is CC.CCC(CC(C)(C)C)c1ccccc1. The van der Waals surface area contributed by atoms with E-state index in [1.54, 1.807) is 0 Å². The van der Waals surface area contributed by atoms with Crippen molar-refractivity contribution in [3.05, 3.63) is 35.9 Å². The van der Waals surface area contributed by atoms with Crippen LogP contribution in [0.3, 0.4) is 0 Å². The Labute approximate surface area is 102 Å². The lowest BCUT2D eigenvalue weighted by Gasteiger charge is -2.25. The fourth-order valence-corrected chi connectivity index (χ4v) is 1.96. The fourth-order valence-electron chi connectivity index (χ4n) is 1.96. The maximum absolute atomic E-state index is 2.32. The molecule has 0 radical (unpaired) electrons. The number of hydrogen-bond acceptors (Lipinski definition) is 0. The van der Waals surface area contributed by atoms with E-state index in [2.05, 4.69) is 58.0 Å². The maximum Gasteiger partial charge on any atom is -0.0160 e. The van der Waals surface area contributed by atoms with Gasteiger partial charge < -0.3 is 0 Å². The smallest absolute Gasteiger partial charge is 0.0160 e.